The molecule has 2 N–H and O–H groups in total. The van der Waals surface area contributed by atoms with Gasteiger partial charge in [-0.15, -0.1) is 10.2 Å². The number of para-hydroxylation sites is 1. The van der Waals surface area contributed by atoms with Gasteiger partial charge in [-0.25, -0.2) is 9.97 Å². The van der Waals surface area contributed by atoms with E-state index in [1.165, 1.54) is 18.7 Å². The zero-order valence-electron chi connectivity index (χ0n) is 13.4. The van der Waals surface area contributed by atoms with Crippen molar-refractivity contribution >= 4 is 16.7 Å². The van der Waals surface area contributed by atoms with E-state index in [1.807, 2.05) is 24.3 Å². The lowest BCUT2D eigenvalue weighted by Gasteiger charge is -2.27. The van der Waals surface area contributed by atoms with Gasteiger partial charge in [-0.05, 0) is 25.0 Å². The highest BCUT2D eigenvalue weighted by molar-refractivity contribution is 5.87. The number of hydrogen-bond donors (Lipinski definition) is 1. The number of nitrogen functional groups attached to an aromatic ring is 1. The van der Waals surface area contributed by atoms with Crippen molar-refractivity contribution in [2.45, 2.75) is 38.4 Å². The van der Waals surface area contributed by atoms with E-state index in [9.17, 15) is 0 Å². The number of fused-ring (bicyclic) bond motifs is 2. The van der Waals surface area contributed by atoms with Crippen molar-refractivity contribution < 1.29 is 0 Å². The topological polar surface area (TPSA) is 85.8 Å². The summed E-state index contributed by atoms with van der Waals surface area (Å²) in [5, 5.41) is 9.69. The Morgan fingerprint density at radius 1 is 1.08 bits per heavy atom. The summed E-state index contributed by atoms with van der Waals surface area (Å²) in [7, 11) is 0. The molecule has 1 saturated carbocycles. The summed E-state index contributed by atoms with van der Waals surface area (Å²) in [6.45, 7) is 3.37. The van der Waals surface area contributed by atoms with Crippen LogP contribution in [0.4, 0.5) is 5.82 Å². The molecule has 1 aromatic carbocycles. The third kappa shape index (κ3) is 2.32. The molecule has 7 nitrogen and oxygen atoms in total. The zero-order chi connectivity index (χ0) is 16.1. The van der Waals surface area contributed by atoms with E-state index in [-0.39, 0.29) is 0 Å². The van der Waals surface area contributed by atoms with E-state index >= 15 is 0 Å². The fraction of sp³-hybridized carbons (Fsp3) is 0.412. The van der Waals surface area contributed by atoms with Crippen molar-refractivity contribution in [2.75, 3.05) is 12.3 Å². The van der Waals surface area contributed by atoms with E-state index in [2.05, 4.69) is 29.6 Å². The Balaban J connectivity index is 1.38. The van der Waals surface area contributed by atoms with Crippen molar-refractivity contribution in [2.24, 2.45) is 0 Å². The van der Waals surface area contributed by atoms with Crippen LogP contribution < -0.4 is 5.73 Å². The number of hydrogen-bond acceptors (Lipinski definition) is 6. The predicted octanol–water partition coefficient (Wildman–Crippen LogP) is 1.70. The second-order valence-corrected chi connectivity index (χ2v) is 6.65. The zero-order valence-corrected chi connectivity index (χ0v) is 13.4. The molecule has 5 rings (SSSR count). The number of benzene rings is 1. The lowest BCUT2D eigenvalue weighted by molar-refractivity contribution is 0.202. The van der Waals surface area contributed by atoms with E-state index in [4.69, 9.17) is 5.73 Å². The maximum atomic E-state index is 6.09. The van der Waals surface area contributed by atoms with Crippen LogP contribution in [-0.2, 0) is 19.6 Å². The maximum absolute atomic E-state index is 6.09. The molecule has 2 aromatic heterocycles. The fourth-order valence-corrected chi connectivity index (χ4v) is 3.43. The van der Waals surface area contributed by atoms with E-state index in [0.29, 0.717) is 18.3 Å². The molecule has 0 spiro atoms. The number of rotatable bonds is 3. The molecule has 0 bridgehead atoms. The highest BCUT2D eigenvalue weighted by atomic mass is 15.3. The Hall–Kier alpha value is -2.54. The SMILES string of the molecule is Nc1nc(CN2CCn3c(nnc3C3CC3)C2)nc2ccccc12. The molecule has 0 unspecified atom stereocenters. The number of aromatic nitrogens is 5. The molecule has 1 fully saturated rings. The van der Waals surface area contributed by atoms with Crippen molar-refractivity contribution in [1.82, 2.24) is 29.6 Å². The molecule has 3 heterocycles. The highest BCUT2D eigenvalue weighted by Gasteiger charge is 2.32. The Morgan fingerprint density at radius 3 is 2.83 bits per heavy atom. The molecule has 24 heavy (non-hydrogen) atoms. The summed E-state index contributed by atoms with van der Waals surface area (Å²) in [6.07, 6.45) is 2.51. The van der Waals surface area contributed by atoms with Crippen LogP contribution >= 0.6 is 0 Å². The van der Waals surface area contributed by atoms with Crippen molar-refractivity contribution in [1.29, 1.82) is 0 Å². The second kappa shape index (κ2) is 5.24. The molecule has 7 heteroatoms. The minimum Gasteiger partial charge on any atom is -0.383 e. The monoisotopic (exact) mass is 321 g/mol. The molecule has 3 aromatic rings. The summed E-state index contributed by atoms with van der Waals surface area (Å²) in [6, 6.07) is 7.86. The highest BCUT2D eigenvalue weighted by Crippen LogP contribution is 2.39. The van der Waals surface area contributed by atoms with Crippen LogP contribution in [0, 0.1) is 0 Å². The van der Waals surface area contributed by atoms with Gasteiger partial charge >= 0.3 is 0 Å². The average Bonchev–Trinajstić information content (AvgIpc) is 3.35. The minimum atomic E-state index is 0.548. The molecular formula is C17H19N7. The third-order valence-electron chi connectivity index (χ3n) is 4.85. The predicted molar refractivity (Wildman–Crippen MR) is 90.1 cm³/mol. The lowest BCUT2D eigenvalue weighted by Crippen LogP contribution is -2.34. The van der Waals surface area contributed by atoms with Gasteiger partial charge in [0.2, 0.25) is 0 Å². The second-order valence-electron chi connectivity index (χ2n) is 6.65. The van der Waals surface area contributed by atoms with Gasteiger partial charge in [0.25, 0.3) is 0 Å². The van der Waals surface area contributed by atoms with Crippen LogP contribution in [0.15, 0.2) is 24.3 Å². The summed E-state index contributed by atoms with van der Waals surface area (Å²) < 4.78 is 2.30. The van der Waals surface area contributed by atoms with Gasteiger partial charge < -0.3 is 10.3 Å². The Kier molecular flexibility index (Phi) is 3.02. The van der Waals surface area contributed by atoms with Crippen LogP contribution in [0.3, 0.4) is 0 Å². The molecular weight excluding hydrogens is 302 g/mol. The van der Waals surface area contributed by atoms with Gasteiger partial charge in [-0.3, -0.25) is 4.90 Å². The standard InChI is InChI=1S/C17H19N7/c18-16-12-3-1-2-4-13(12)19-14(20-16)9-23-7-8-24-15(10-23)21-22-17(24)11-5-6-11/h1-4,11H,5-10H2,(H2,18,19,20). The van der Waals surface area contributed by atoms with Gasteiger partial charge in [0.1, 0.15) is 23.3 Å². The Bertz CT molecular complexity index is 912. The van der Waals surface area contributed by atoms with Gasteiger partial charge in [0, 0.05) is 24.4 Å². The normalized spacial score (nSPS) is 18.0. The van der Waals surface area contributed by atoms with E-state index in [0.717, 1.165) is 42.2 Å². The summed E-state index contributed by atoms with van der Waals surface area (Å²) in [5.74, 6) is 4.18. The van der Waals surface area contributed by atoms with E-state index < -0.39 is 0 Å². The van der Waals surface area contributed by atoms with Gasteiger partial charge in [-0.1, -0.05) is 12.1 Å². The first-order valence-electron chi connectivity index (χ1n) is 8.43. The summed E-state index contributed by atoms with van der Waals surface area (Å²) in [4.78, 5) is 11.4. The fourth-order valence-electron chi connectivity index (χ4n) is 3.43. The number of nitrogens with zero attached hydrogens (tertiary/aromatic N) is 6. The molecule has 0 atom stereocenters. The molecule has 122 valence electrons. The quantitative estimate of drug-likeness (QED) is 0.790. The van der Waals surface area contributed by atoms with Crippen LogP contribution in [-0.4, -0.2) is 36.2 Å². The van der Waals surface area contributed by atoms with E-state index in [1.54, 1.807) is 0 Å². The number of anilines is 1. The molecule has 2 aliphatic rings. The molecule has 1 aliphatic carbocycles. The Morgan fingerprint density at radius 2 is 1.96 bits per heavy atom. The van der Waals surface area contributed by atoms with Crippen LogP contribution in [0.25, 0.3) is 10.9 Å². The number of nitrogens with two attached hydrogens (primary N) is 1. The van der Waals surface area contributed by atoms with Crippen LogP contribution in [0.2, 0.25) is 0 Å². The van der Waals surface area contributed by atoms with Crippen molar-refractivity contribution in [3.05, 3.63) is 41.7 Å². The smallest absolute Gasteiger partial charge is 0.147 e. The van der Waals surface area contributed by atoms with Crippen LogP contribution in [0.1, 0.15) is 36.2 Å². The molecule has 0 radical (unpaired) electrons. The first-order valence-corrected chi connectivity index (χ1v) is 8.43. The van der Waals surface area contributed by atoms with Crippen LogP contribution in [0.5, 0.6) is 0 Å². The van der Waals surface area contributed by atoms with Crippen molar-refractivity contribution in [3.63, 3.8) is 0 Å². The average molecular weight is 321 g/mol. The van der Waals surface area contributed by atoms with Gasteiger partial charge in [-0.2, -0.15) is 0 Å². The largest absolute Gasteiger partial charge is 0.383 e. The lowest BCUT2D eigenvalue weighted by atomic mass is 10.2. The Labute approximate surface area is 139 Å². The molecule has 0 amide bonds. The maximum Gasteiger partial charge on any atom is 0.147 e. The van der Waals surface area contributed by atoms with Gasteiger partial charge in [0.15, 0.2) is 0 Å². The molecule has 1 aliphatic heterocycles. The molecule has 0 saturated heterocycles. The first kappa shape index (κ1) is 13.9. The first-order chi connectivity index (χ1) is 11.8. The van der Waals surface area contributed by atoms with Crippen molar-refractivity contribution in [3.8, 4) is 0 Å². The minimum absolute atomic E-state index is 0.548. The summed E-state index contributed by atoms with van der Waals surface area (Å²) in [5.41, 5.74) is 6.99. The summed E-state index contributed by atoms with van der Waals surface area (Å²) >= 11 is 0. The van der Waals surface area contributed by atoms with Gasteiger partial charge in [0.05, 0.1) is 18.6 Å². The third-order valence-corrected chi connectivity index (χ3v) is 4.85.